The van der Waals surface area contributed by atoms with Gasteiger partial charge in [0.15, 0.2) is 11.5 Å². The van der Waals surface area contributed by atoms with Crippen LogP contribution < -0.4 is 5.56 Å². The predicted octanol–water partition coefficient (Wildman–Crippen LogP) is 4.20. The number of aromatic nitrogens is 7. The zero-order chi connectivity index (χ0) is 22.3. The molecular formula is C23H19N7OS2. The second-order valence-corrected chi connectivity index (χ2v) is 10.7. The number of nitrogens with zero attached hydrogens (tertiary/aromatic N) is 7. The van der Waals surface area contributed by atoms with Gasteiger partial charge in [-0.2, -0.15) is 0 Å². The van der Waals surface area contributed by atoms with Gasteiger partial charge in [0.05, 0.1) is 23.8 Å². The van der Waals surface area contributed by atoms with Crippen molar-refractivity contribution in [2.24, 2.45) is 0 Å². The van der Waals surface area contributed by atoms with Gasteiger partial charge in [-0.3, -0.25) is 9.36 Å². The number of hydrogen-bond acceptors (Lipinski definition) is 8. The van der Waals surface area contributed by atoms with Crippen LogP contribution in [0.3, 0.4) is 0 Å². The van der Waals surface area contributed by atoms with E-state index in [9.17, 15) is 4.79 Å². The van der Waals surface area contributed by atoms with Gasteiger partial charge < -0.3 is 0 Å². The Kier molecular flexibility index (Phi) is 4.01. The summed E-state index contributed by atoms with van der Waals surface area (Å²) in [6, 6.07) is 2.08. The van der Waals surface area contributed by atoms with Crippen LogP contribution in [0.25, 0.3) is 36.3 Å². The van der Waals surface area contributed by atoms with Crippen LogP contribution in [-0.4, -0.2) is 34.1 Å². The van der Waals surface area contributed by atoms with Crippen LogP contribution >= 0.6 is 22.7 Å². The van der Waals surface area contributed by atoms with Gasteiger partial charge in [-0.05, 0) is 56.7 Å². The Morgan fingerprint density at radius 2 is 1.88 bits per heavy atom. The molecule has 10 heteroatoms. The van der Waals surface area contributed by atoms with Gasteiger partial charge in [0, 0.05) is 16.0 Å². The van der Waals surface area contributed by atoms with E-state index in [-0.39, 0.29) is 12.1 Å². The predicted molar refractivity (Wildman–Crippen MR) is 131 cm³/mol. The van der Waals surface area contributed by atoms with E-state index in [1.54, 1.807) is 44.4 Å². The minimum atomic E-state index is -0.00121. The van der Waals surface area contributed by atoms with Crippen LogP contribution in [0.2, 0.25) is 0 Å². The standard InChI is InChI=1S/C23H19N7OS2/c1-11-7-12(2)26-22-16(11)18-19(33-22)20-27-15(28-30(20)10-24-18)8-29-9-25-21-17(23(29)31)13-5-3-4-6-14(13)32-21/h7,9-10H,3-6,8H2,1-2H3. The van der Waals surface area contributed by atoms with Gasteiger partial charge in [0.25, 0.3) is 5.56 Å². The maximum absolute atomic E-state index is 13.3. The fourth-order valence-electron chi connectivity index (χ4n) is 4.93. The molecule has 0 unspecified atom stereocenters. The number of thiophene rings is 2. The van der Waals surface area contributed by atoms with Gasteiger partial charge in [-0.25, -0.2) is 24.5 Å². The van der Waals surface area contributed by atoms with E-state index in [1.165, 1.54) is 16.9 Å². The summed E-state index contributed by atoms with van der Waals surface area (Å²) in [6.45, 7) is 4.36. The lowest BCUT2D eigenvalue weighted by Gasteiger charge is -2.10. The van der Waals surface area contributed by atoms with E-state index in [0.29, 0.717) is 5.82 Å². The van der Waals surface area contributed by atoms with Gasteiger partial charge in [-0.1, -0.05) is 0 Å². The van der Waals surface area contributed by atoms with Crippen LogP contribution in [0, 0.1) is 13.8 Å². The van der Waals surface area contributed by atoms with Crippen molar-refractivity contribution in [1.29, 1.82) is 0 Å². The van der Waals surface area contributed by atoms with Crippen LogP contribution in [0.15, 0.2) is 23.5 Å². The molecule has 0 fully saturated rings. The van der Waals surface area contributed by atoms with Crippen molar-refractivity contribution in [3.63, 3.8) is 0 Å². The maximum atomic E-state index is 13.3. The molecule has 1 aliphatic rings. The molecule has 6 heterocycles. The molecule has 0 N–H and O–H groups in total. The van der Waals surface area contributed by atoms with E-state index in [0.717, 1.165) is 66.8 Å². The average molecular weight is 474 g/mol. The first-order valence-corrected chi connectivity index (χ1v) is 12.6. The number of aryl methyl sites for hydroxylation is 4. The smallest absolute Gasteiger partial charge is 0.262 e. The summed E-state index contributed by atoms with van der Waals surface area (Å²) in [4.78, 5) is 35.2. The molecule has 0 atom stereocenters. The van der Waals surface area contributed by atoms with Crippen molar-refractivity contribution in [2.45, 2.75) is 46.1 Å². The SMILES string of the molecule is Cc1cc(C)c2c(n1)sc1c2ncn2nc(Cn3cnc4sc5c(c4c3=O)CCCC5)nc12. The van der Waals surface area contributed by atoms with Crippen molar-refractivity contribution in [1.82, 2.24) is 34.1 Å². The maximum Gasteiger partial charge on any atom is 0.262 e. The Hall–Kier alpha value is -3.24. The molecule has 6 aromatic rings. The third-order valence-corrected chi connectivity index (χ3v) is 8.66. The molecule has 164 valence electrons. The molecule has 0 aromatic carbocycles. The van der Waals surface area contributed by atoms with Gasteiger partial charge in [0.2, 0.25) is 0 Å². The zero-order valence-electron chi connectivity index (χ0n) is 18.1. The molecule has 6 aromatic heterocycles. The Labute approximate surface area is 195 Å². The molecule has 0 aliphatic heterocycles. The van der Waals surface area contributed by atoms with E-state index >= 15 is 0 Å². The third-order valence-electron chi connectivity index (χ3n) is 6.39. The molecule has 0 radical (unpaired) electrons. The molecule has 0 bridgehead atoms. The quantitative estimate of drug-likeness (QED) is 0.374. The van der Waals surface area contributed by atoms with Crippen LogP contribution in [-0.2, 0) is 19.4 Å². The molecule has 0 amide bonds. The number of pyridine rings is 1. The van der Waals surface area contributed by atoms with Crippen molar-refractivity contribution in [2.75, 3.05) is 0 Å². The number of rotatable bonds is 2. The second kappa shape index (κ2) is 6.88. The lowest BCUT2D eigenvalue weighted by molar-refractivity contribution is 0.690. The Morgan fingerprint density at radius 1 is 1.00 bits per heavy atom. The summed E-state index contributed by atoms with van der Waals surface area (Å²) in [7, 11) is 0. The van der Waals surface area contributed by atoms with Gasteiger partial charge >= 0.3 is 0 Å². The highest BCUT2D eigenvalue weighted by atomic mass is 32.1. The van der Waals surface area contributed by atoms with Crippen LogP contribution in [0.4, 0.5) is 0 Å². The Bertz CT molecular complexity index is 1810. The summed E-state index contributed by atoms with van der Waals surface area (Å²) >= 11 is 3.25. The summed E-state index contributed by atoms with van der Waals surface area (Å²) in [5.74, 6) is 0.565. The van der Waals surface area contributed by atoms with Crippen LogP contribution in [0.5, 0.6) is 0 Å². The first-order chi connectivity index (χ1) is 16.1. The normalized spacial score (nSPS) is 14.1. The summed E-state index contributed by atoms with van der Waals surface area (Å²) in [5.41, 5.74) is 4.98. The highest BCUT2D eigenvalue weighted by Gasteiger charge is 2.21. The minimum absolute atomic E-state index is 0.00121. The van der Waals surface area contributed by atoms with Gasteiger partial charge in [-0.15, -0.1) is 27.8 Å². The zero-order valence-corrected chi connectivity index (χ0v) is 19.8. The Balaban J connectivity index is 1.36. The Morgan fingerprint density at radius 3 is 2.79 bits per heavy atom. The molecule has 8 nitrogen and oxygen atoms in total. The van der Waals surface area contributed by atoms with Crippen LogP contribution in [0.1, 0.15) is 40.4 Å². The highest BCUT2D eigenvalue weighted by Crippen LogP contribution is 2.36. The van der Waals surface area contributed by atoms with Crippen molar-refractivity contribution in [3.05, 3.63) is 56.6 Å². The third kappa shape index (κ3) is 2.80. The average Bonchev–Trinajstić information content (AvgIpc) is 3.47. The molecule has 7 rings (SSSR count). The minimum Gasteiger partial charge on any atom is -0.291 e. The molecule has 0 saturated carbocycles. The first kappa shape index (κ1) is 19.2. The van der Waals surface area contributed by atoms with Crippen molar-refractivity contribution in [3.8, 4) is 0 Å². The highest BCUT2D eigenvalue weighted by molar-refractivity contribution is 7.26. The van der Waals surface area contributed by atoms with E-state index < -0.39 is 0 Å². The van der Waals surface area contributed by atoms with Crippen molar-refractivity contribution < 1.29 is 0 Å². The van der Waals surface area contributed by atoms with E-state index in [4.69, 9.17) is 9.97 Å². The van der Waals surface area contributed by atoms with Crippen molar-refractivity contribution >= 4 is 59.0 Å². The fraction of sp³-hybridized carbons (Fsp3) is 0.304. The lowest BCUT2D eigenvalue weighted by Crippen LogP contribution is -2.22. The molecule has 0 saturated heterocycles. The summed E-state index contributed by atoms with van der Waals surface area (Å²) < 4.78 is 4.28. The summed E-state index contributed by atoms with van der Waals surface area (Å²) in [5, 5.41) is 6.46. The second-order valence-electron chi connectivity index (χ2n) is 8.65. The molecule has 0 spiro atoms. The monoisotopic (exact) mass is 473 g/mol. The number of fused-ring (bicyclic) bond motifs is 8. The first-order valence-electron chi connectivity index (χ1n) is 11.0. The van der Waals surface area contributed by atoms with E-state index in [2.05, 4.69) is 28.1 Å². The summed E-state index contributed by atoms with van der Waals surface area (Å²) in [6.07, 6.45) is 7.66. The topological polar surface area (TPSA) is 90.9 Å². The lowest BCUT2D eigenvalue weighted by atomic mass is 9.97. The van der Waals surface area contributed by atoms with Gasteiger partial charge in [0.1, 0.15) is 20.7 Å². The molecular weight excluding hydrogens is 454 g/mol. The molecule has 1 aliphatic carbocycles. The fourth-order valence-corrected chi connectivity index (χ4v) is 7.37. The number of hydrogen-bond donors (Lipinski definition) is 0. The largest absolute Gasteiger partial charge is 0.291 e. The molecule has 33 heavy (non-hydrogen) atoms. The van der Waals surface area contributed by atoms with E-state index in [1.807, 2.05) is 6.92 Å².